The monoisotopic (exact) mass is 855 g/mol. The summed E-state index contributed by atoms with van der Waals surface area (Å²) in [6.07, 6.45) is 25.8. The van der Waals surface area contributed by atoms with Gasteiger partial charge in [0.15, 0.2) is 5.78 Å². The van der Waals surface area contributed by atoms with Crippen molar-refractivity contribution in [1.29, 1.82) is 0 Å². The molecule has 0 bridgehead atoms. The van der Waals surface area contributed by atoms with E-state index in [1.54, 1.807) is 6.08 Å². The second-order valence-corrected chi connectivity index (χ2v) is 18.1. The average Bonchev–Trinajstić information content (AvgIpc) is 4.22. The molecule has 0 radical (unpaired) electrons. The Labute approximate surface area is 379 Å². The van der Waals surface area contributed by atoms with E-state index in [4.69, 9.17) is 0 Å². The summed E-state index contributed by atoms with van der Waals surface area (Å²) in [5, 5.41) is 6.63. The molecule has 65 heavy (non-hydrogen) atoms. The summed E-state index contributed by atoms with van der Waals surface area (Å²) in [6.45, 7) is 0. The fraction of sp³-hybridized carbons (Fsp3) is 0.241. The van der Waals surface area contributed by atoms with Crippen LogP contribution >= 0.6 is 0 Å². The van der Waals surface area contributed by atoms with Crippen LogP contribution in [0, 0.1) is 0 Å². The van der Waals surface area contributed by atoms with Crippen molar-refractivity contribution >= 4 is 66.1 Å². The summed E-state index contributed by atoms with van der Waals surface area (Å²) in [4.78, 5) is 39.0. The van der Waals surface area contributed by atoms with Crippen molar-refractivity contribution in [2.24, 2.45) is 0 Å². The van der Waals surface area contributed by atoms with Crippen molar-refractivity contribution in [2.45, 2.75) is 87.9 Å². The van der Waals surface area contributed by atoms with Gasteiger partial charge in [0.05, 0.1) is 0 Å². The molecule has 0 amide bonds. The SMILES string of the molecule is O=C1C=CCCC1.O=C1CCCC(c2c[nH]c3ccccc23)C1.c1ccc2[nH]ccc2c1.c1ccc2c(C3CCCC(c4c[nH]c5ccccc45)(c4c[nH]c5ccccc45)C3)c[nH]c2c1. The topological polar surface area (TPSA) is 113 Å². The average molecular weight is 856 g/mol. The first-order valence-corrected chi connectivity index (χ1v) is 23.5. The van der Waals surface area contributed by atoms with Crippen molar-refractivity contribution in [2.75, 3.05) is 0 Å². The Bertz CT molecular complexity index is 3140. The Balaban J connectivity index is 0.000000127. The Kier molecular flexibility index (Phi) is 12.2. The van der Waals surface area contributed by atoms with Crippen LogP contribution < -0.4 is 0 Å². The van der Waals surface area contributed by atoms with Crippen LogP contribution in [-0.4, -0.2) is 36.5 Å². The molecular weight excluding hydrogens is 799 g/mol. The van der Waals surface area contributed by atoms with Gasteiger partial charge >= 0.3 is 0 Å². The van der Waals surface area contributed by atoms with E-state index in [-0.39, 0.29) is 11.2 Å². The number of nitrogens with one attached hydrogen (secondary N) is 5. The van der Waals surface area contributed by atoms with Gasteiger partial charge in [-0.25, -0.2) is 0 Å². The van der Waals surface area contributed by atoms with E-state index in [0.717, 1.165) is 57.8 Å². The first-order chi connectivity index (χ1) is 32.0. The first-order valence-electron chi connectivity index (χ1n) is 23.5. The van der Waals surface area contributed by atoms with E-state index < -0.39 is 0 Å². The highest BCUT2D eigenvalue weighted by molar-refractivity contribution is 5.91. The molecule has 2 atom stereocenters. The second kappa shape index (κ2) is 18.9. The van der Waals surface area contributed by atoms with Crippen molar-refractivity contribution in [3.05, 3.63) is 193 Å². The molecule has 0 spiro atoms. The van der Waals surface area contributed by atoms with E-state index in [0.29, 0.717) is 17.6 Å². The van der Waals surface area contributed by atoms with Crippen molar-refractivity contribution in [3.8, 4) is 0 Å². The smallest absolute Gasteiger partial charge is 0.155 e. The lowest BCUT2D eigenvalue weighted by Crippen LogP contribution is -2.33. The highest BCUT2D eigenvalue weighted by Crippen LogP contribution is 2.53. The highest BCUT2D eigenvalue weighted by atomic mass is 16.1. The molecule has 10 aromatic rings. The summed E-state index contributed by atoms with van der Waals surface area (Å²) < 4.78 is 0. The van der Waals surface area contributed by atoms with Gasteiger partial charge in [0.2, 0.25) is 0 Å². The lowest BCUT2D eigenvalue weighted by molar-refractivity contribution is -0.120. The normalized spacial score (nSPS) is 18.2. The number of para-hydroxylation sites is 5. The summed E-state index contributed by atoms with van der Waals surface area (Å²) in [7, 11) is 0. The van der Waals surface area contributed by atoms with Gasteiger partial charge in [0, 0.05) is 105 Å². The molecule has 0 saturated heterocycles. The lowest BCUT2D eigenvalue weighted by atomic mass is 9.61. The van der Waals surface area contributed by atoms with Gasteiger partial charge < -0.3 is 24.9 Å². The minimum Gasteiger partial charge on any atom is -0.361 e. The minimum absolute atomic E-state index is 0.0412. The maximum atomic E-state index is 11.5. The van der Waals surface area contributed by atoms with Crippen LogP contribution in [0.1, 0.15) is 105 Å². The van der Waals surface area contributed by atoms with Crippen molar-refractivity contribution in [3.63, 3.8) is 0 Å². The number of aromatic nitrogens is 5. The third kappa shape index (κ3) is 8.76. The first kappa shape index (κ1) is 41.9. The van der Waals surface area contributed by atoms with E-state index in [2.05, 4.69) is 159 Å². The van der Waals surface area contributed by atoms with E-state index in [1.165, 1.54) is 89.6 Å². The zero-order chi connectivity index (χ0) is 44.0. The molecule has 2 fully saturated rings. The number of ketones is 2. The molecule has 5 N–H and O–H groups in total. The molecular formula is C58H57N5O2. The number of Topliss-reactive ketones (excluding diaryl/α,β-unsaturated/α-hetero) is 1. The third-order valence-corrected chi connectivity index (χ3v) is 14.1. The van der Waals surface area contributed by atoms with Crippen LogP contribution in [0.5, 0.6) is 0 Å². The number of rotatable bonds is 4. The number of hydrogen-bond donors (Lipinski definition) is 5. The van der Waals surface area contributed by atoms with E-state index in [1.807, 2.05) is 30.5 Å². The molecule has 7 nitrogen and oxygen atoms in total. The number of H-pyrrole nitrogens is 5. The predicted molar refractivity (Wildman–Crippen MR) is 268 cm³/mol. The quantitative estimate of drug-likeness (QED) is 0.121. The number of carbonyl (C=O) groups excluding carboxylic acids is 2. The maximum Gasteiger partial charge on any atom is 0.155 e. The van der Waals surface area contributed by atoms with Gasteiger partial charge in [0.1, 0.15) is 5.78 Å². The Morgan fingerprint density at radius 1 is 0.477 bits per heavy atom. The third-order valence-electron chi connectivity index (χ3n) is 14.1. The number of carbonyl (C=O) groups is 2. The van der Waals surface area contributed by atoms with Crippen molar-refractivity contribution in [1.82, 2.24) is 24.9 Å². The van der Waals surface area contributed by atoms with Gasteiger partial charge in [-0.05, 0) is 127 Å². The van der Waals surface area contributed by atoms with Gasteiger partial charge in [-0.15, -0.1) is 0 Å². The van der Waals surface area contributed by atoms with Gasteiger partial charge in [-0.1, -0.05) is 103 Å². The Morgan fingerprint density at radius 3 is 1.55 bits per heavy atom. The molecule has 0 aliphatic heterocycles. The summed E-state index contributed by atoms with van der Waals surface area (Å²) in [5.74, 6) is 1.64. The van der Waals surface area contributed by atoms with Crippen LogP contribution in [0.2, 0.25) is 0 Å². The minimum atomic E-state index is -0.0412. The fourth-order valence-electron chi connectivity index (χ4n) is 11.0. The van der Waals surface area contributed by atoms with Crippen LogP contribution in [-0.2, 0) is 15.0 Å². The molecule has 5 aromatic carbocycles. The van der Waals surface area contributed by atoms with Crippen LogP contribution in [0.25, 0.3) is 54.5 Å². The molecule has 13 rings (SSSR count). The van der Waals surface area contributed by atoms with Gasteiger partial charge in [-0.2, -0.15) is 0 Å². The number of benzene rings is 5. The summed E-state index contributed by atoms with van der Waals surface area (Å²) in [5.41, 5.74) is 11.7. The molecule has 7 heteroatoms. The van der Waals surface area contributed by atoms with Crippen LogP contribution in [0.15, 0.2) is 171 Å². The van der Waals surface area contributed by atoms with Gasteiger partial charge in [0.25, 0.3) is 0 Å². The number of allylic oxidation sites excluding steroid dienone is 2. The zero-order valence-corrected chi connectivity index (χ0v) is 36.9. The summed E-state index contributed by atoms with van der Waals surface area (Å²) in [6, 6.07) is 44.9. The fourth-order valence-corrected chi connectivity index (χ4v) is 11.0. The molecule has 3 aliphatic carbocycles. The van der Waals surface area contributed by atoms with Crippen molar-refractivity contribution < 1.29 is 9.59 Å². The summed E-state index contributed by atoms with van der Waals surface area (Å²) >= 11 is 0. The largest absolute Gasteiger partial charge is 0.361 e. The predicted octanol–water partition coefficient (Wildman–Crippen LogP) is 14.6. The highest BCUT2D eigenvalue weighted by Gasteiger charge is 2.43. The number of aromatic amines is 5. The number of fused-ring (bicyclic) bond motifs is 5. The van der Waals surface area contributed by atoms with Crippen LogP contribution in [0.4, 0.5) is 0 Å². The molecule has 2 saturated carbocycles. The van der Waals surface area contributed by atoms with E-state index >= 15 is 0 Å². The van der Waals surface area contributed by atoms with E-state index in [9.17, 15) is 9.59 Å². The van der Waals surface area contributed by atoms with Gasteiger partial charge in [-0.3, -0.25) is 9.59 Å². The molecule has 2 unspecified atom stereocenters. The lowest BCUT2D eigenvalue weighted by Gasteiger charge is -2.41. The zero-order valence-electron chi connectivity index (χ0n) is 36.9. The molecule has 5 heterocycles. The standard InChI is InChI=1S/C30H27N3.C14H15NO.C8H7N.C6H8O/c1-4-12-27-21(9-1)24(17-31-27)20-8-7-15-30(16-20,25-18-32-28-13-5-2-10-22(25)28)26-19-33-29-14-6-3-11-23(26)29;16-11-5-3-4-10(8-11)13-9-15-14-7-2-1-6-12(13)14;1-2-4-8-7(3-1)5-6-9-8;7-6-4-2-1-3-5-6/h1-6,9-14,17-20,31-33H,7-8,15-16H2;1-2,6-7,9-10,15H,3-5,8H2;1-6,9H;2,4H,1,3,5H2. The second-order valence-electron chi connectivity index (χ2n) is 18.1. The van der Waals surface area contributed by atoms with Crippen LogP contribution in [0.3, 0.4) is 0 Å². The molecule has 5 aromatic heterocycles. The molecule has 326 valence electrons. The Hall–Kier alpha value is -7.12. The molecule has 3 aliphatic rings. The number of hydrogen-bond acceptors (Lipinski definition) is 2. The maximum absolute atomic E-state index is 11.5. The Morgan fingerprint density at radius 2 is 1.00 bits per heavy atom.